The molecule has 0 aliphatic carbocycles. The Morgan fingerprint density at radius 1 is 1.57 bits per heavy atom. The van der Waals surface area contributed by atoms with Gasteiger partial charge in [-0.3, -0.25) is 4.79 Å². The van der Waals surface area contributed by atoms with E-state index in [1.54, 1.807) is 7.05 Å². The Hall–Kier alpha value is -1.69. The third kappa shape index (κ3) is 1.29. The molecule has 0 bridgehead atoms. The second-order valence-corrected chi connectivity index (χ2v) is 3.54. The van der Waals surface area contributed by atoms with Crippen LogP contribution in [0.2, 0.25) is 0 Å². The van der Waals surface area contributed by atoms with Crippen molar-refractivity contribution in [3.8, 4) is 0 Å². The minimum absolute atomic E-state index is 0.0456. The molecule has 72 valence electrons. The van der Waals surface area contributed by atoms with Crippen LogP contribution >= 0.6 is 11.3 Å². The van der Waals surface area contributed by atoms with Crippen molar-refractivity contribution in [1.82, 2.24) is 9.97 Å². The van der Waals surface area contributed by atoms with Crippen molar-refractivity contribution >= 4 is 33.3 Å². The highest BCUT2D eigenvalue weighted by Gasteiger charge is 2.10. The number of nitrogens with zero attached hydrogens (tertiary/aromatic N) is 2. The number of carbonyl (C=O) groups is 1. The molecule has 0 aliphatic heterocycles. The van der Waals surface area contributed by atoms with Gasteiger partial charge >= 0.3 is 0 Å². The van der Waals surface area contributed by atoms with E-state index in [0.29, 0.717) is 5.82 Å². The van der Waals surface area contributed by atoms with E-state index in [-0.39, 0.29) is 5.82 Å². The first kappa shape index (κ1) is 8.89. The van der Waals surface area contributed by atoms with E-state index in [9.17, 15) is 4.79 Å². The van der Waals surface area contributed by atoms with Crippen LogP contribution in [0.3, 0.4) is 0 Å². The van der Waals surface area contributed by atoms with Gasteiger partial charge in [0.05, 0.1) is 5.39 Å². The van der Waals surface area contributed by atoms with Crippen molar-refractivity contribution in [2.24, 2.45) is 5.73 Å². The summed E-state index contributed by atoms with van der Waals surface area (Å²) in [5.74, 6) is 0.0613. The molecular formula is C8H8N4OS. The quantitative estimate of drug-likeness (QED) is 0.766. The summed E-state index contributed by atoms with van der Waals surface area (Å²) in [5.41, 5.74) is 5.11. The van der Waals surface area contributed by atoms with Gasteiger partial charge in [-0.1, -0.05) is 0 Å². The Morgan fingerprint density at radius 2 is 2.36 bits per heavy atom. The maximum Gasteiger partial charge on any atom is 0.286 e. The largest absolute Gasteiger partial charge is 0.372 e. The summed E-state index contributed by atoms with van der Waals surface area (Å²) in [6.07, 6.45) is 0. The monoisotopic (exact) mass is 208 g/mol. The van der Waals surface area contributed by atoms with Crippen LogP contribution in [0.15, 0.2) is 11.4 Å². The normalized spacial score (nSPS) is 10.4. The van der Waals surface area contributed by atoms with Crippen LogP contribution in [0.4, 0.5) is 5.82 Å². The summed E-state index contributed by atoms with van der Waals surface area (Å²) in [6, 6.07) is 1.90. The lowest BCUT2D eigenvalue weighted by molar-refractivity contribution is 0.0991. The third-order valence-electron chi connectivity index (χ3n) is 1.78. The van der Waals surface area contributed by atoms with Crippen LogP contribution in [0.5, 0.6) is 0 Å². The van der Waals surface area contributed by atoms with Gasteiger partial charge in [-0.25, -0.2) is 9.97 Å². The molecule has 0 aliphatic rings. The number of fused-ring (bicyclic) bond motifs is 1. The second kappa shape index (κ2) is 3.22. The van der Waals surface area contributed by atoms with E-state index >= 15 is 0 Å². The zero-order chi connectivity index (χ0) is 10.1. The van der Waals surface area contributed by atoms with Crippen LogP contribution in [0.25, 0.3) is 10.2 Å². The summed E-state index contributed by atoms with van der Waals surface area (Å²) in [7, 11) is 1.74. The smallest absolute Gasteiger partial charge is 0.286 e. The lowest BCUT2D eigenvalue weighted by Crippen LogP contribution is -2.15. The number of amides is 1. The van der Waals surface area contributed by atoms with Gasteiger partial charge < -0.3 is 11.1 Å². The van der Waals surface area contributed by atoms with Crippen molar-refractivity contribution in [1.29, 1.82) is 0 Å². The summed E-state index contributed by atoms with van der Waals surface area (Å²) in [4.78, 5) is 19.7. The number of carbonyl (C=O) groups excluding carboxylic acids is 1. The van der Waals surface area contributed by atoms with Crippen LogP contribution in [-0.4, -0.2) is 22.9 Å². The molecule has 1 amide bonds. The Morgan fingerprint density at radius 3 is 3.00 bits per heavy atom. The molecule has 2 aromatic heterocycles. The van der Waals surface area contributed by atoms with E-state index in [4.69, 9.17) is 5.73 Å². The van der Waals surface area contributed by atoms with Gasteiger partial charge in [-0.05, 0) is 11.4 Å². The molecule has 0 radical (unpaired) electrons. The lowest BCUT2D eigenvalue weighted by atomic mass is 10.3. The van der Waals surface area contributed by atoms with Crippen LogP contribution in [0, 0.1) is 0 Å². The summed E-state index contributed by atoms with van der Waals surface area (Å²) in [5, 5.41) is 5.70. The highest BCUT2D eigenvalue weighted by Crippen LogP contribution is 2.24. The molecule has 0 saturated heterocycles. The molecule has 6 heteroatoms. The predicted octanol–water partition coefficient (Wildman–Crippen LogP) is 0.832. The van der Waals surface area contributed by atoms with E-state index in [2.05, 4.69) is 15.3 Å². The van der Waals surface area contributed by atoms with E-state index in [1.807, 2.05) is 11.4 Å². The number of rotatable bonds is 2. The first-order valence-corrected chi connectivity index (χ1v) is 4.83. The van der Waals surface area contributed by atoms with Crippen molar-refractivity contribution in [2.45, 2.75) is 0 Å². The minimum atomic E-state index is -0.614. The van der Waals surface area contributed by atoms with Gasteiger partial charge in [-0.15, -0.1) is 11.3 Å². The summed E-state index contributed by atoms with van der Waals surface area (Å²) < 4.78 is 0. The SMILES string of the molecule is CNc1nc(C(N)=O)nc2sccc12. The van der Waals surface area contributed by atoms with Crippen LogP contribution < -0.4 is 11.1 Å². The van der Waals surface area contributed by atoms with Gasteiger partial charge in [-0.2, -0.15) is 0 Å². The molecule has 2 aromatic rings. The van der Waals surface area contributed by atoms with Gasteiger partial charge in [0.25, 0.3) is 5.91 Å². The van der Waals surface area contributed by atoms with E-state index in [0.717, 1.165) is 10.2 Å². The highest BCUT2D eigenvalue weighted by molar-refractivity contribution is 7.16. The topological polar surface area (TPSA) is 80.9 Å². The van der Waals surface area contributed by atoms with Crippen molar-refractivity contribution in [2.75, 3.05) is 12.4 Å². The molecular weight excluding hydrogens is 200 g/mol. The highest BCUT2D eigenvalue weighted by atomic mass is 32.1. The molecule has 0 aromatic carbocycles. The molecule has 5 nitrogen and oxygen atoms in total. The maximum absolute atomic E-state index is 10.9. The summed E-state index contributed by atoms with van der Waals surface area (Å²) in [6.45, 7) is 0. The Balaban J connectivity index is 2.73. The molecule has 3 N–H and O–H groups in total. The van der Waals surface area contributed by atoms with Crippen LogP contribution in [-0.2, 0) is 0 Å². The lowest BCUT2D eigenvalue weighted by Gasteiger charge is -2.01. The molecule has 2 heterocycles. The van der Waals surface area contributed by atoms with Crippen molar-refractivity contribution in [3.63, 3.8) is 0 Å². The Labute approximate surface area is 84.0 Å². The number of aromatic nitrogens is 2. The molecule has 14 heavy (non-hydrogen) atoms. The first-order chi connectivity index (χ1) is 6.72. The fraction of sp³-hybridized carbons (Fsp3) is 0.125. The number of thiophene rings is 1. The fourth-order valence-corrected chi connectivity index (χ4v) is 1.92. The number of hydrogen-bond acceptors (Lipinski definition) is 5. The van der Waals surface area contributed by atoms with E-state index in [1.165, 1.54) is 11.3 Å². The van der Waals surface area contributed by atoms with Crippen LogP contribution in [0.1, 0.15) is 10.6 Å². The first-order valence-electron chi connectivity index (χ1n) is 3.95. The van der Waals surface area contributed by atoms with Gasteiger partial charge in [0.2, 0.25) is 5.82 Å². The Kier molecular flexibility index (Phi) is 2.05. The predicted molar refractivity (Wildman–Crippen MR) is 55.5 cm³/mol. The molecule has 0 spiro atoms. The zero-order valence-electron chi connectivity index (χ0n) is 7.44. The van der Waals surface area contributed by atoms with Gasteiger partial charge in [0.1, 0.15) is 10.6 Å². The molecule has 2 rings (SSSR count). The number of primary amides is 1. The zero-order valence-corrected chi connectivity index (χ0v) is 8.26. The molecule has 0 fully saturated rings. The summed E-state index contributed by atoms with van der Waals surface area (Å²) >= 11 is 1.45. The average molecular weight is 208 g/mol. The standard InChI is InChI=1S/C8H8N4OS/c1-10-6-4-2-3-14-8(4)12-7(11-6)5(9)13/h2-3H,1H3,(H2,9,13)(H,10,11,12). The van der Waals surface area contributed by atoms with Crippen molar-refractivity contribution in [3.05, 3.63) is 17.3 Å². The number of hydrogen-bond donors (Lipinski definition) is 2. The minimum Gasteiger partial charge on any atom is -0.372 e. The van der Waals surface area contributed by atoms with Gasteiger partial charge in [0, 0.05) is 7.05 Å². The molecule has 0 atom stereocenters. The van der Waals surface area contributed by atoms with E-state index < -0.39 is 5.91 Å². The number of nitrogens with one attached hydrogen (secondary N) is 1. The average Bonchev–Trinajstić information content (AvgIpc) is 2.63. The molecule has 0 unspecified atom stereocenters. The maximum atomic E-state index is 10.9. The number of nitrogens with two attached hydrogens (primary N) is 1. The molecule has 0 saturated carbocycles. The third-order valence-corrected chi connectivity index (χ3v) is 2.59. The van der Waals surface area contributed by atoms with Gasteiger partial charge in [0.15, 0.2) is 0 Å². The fourth-order valence-electron chi connectivity index (χ4n) is 1.16. The van der Waals surface area contributed by atoms with Crippen molar-refractivity contribution < 1.29 is 4.79 Å². The number of anilines is 1. The second-order valence-electron chi connectivity index (χ2n) is 2.65. The Bertz CT molecular complexity index is 493.